The summed E-state index contributed by atoms with van der Waals surface area (Å²) in [4.78, 5) is 15.5. The standard InChI is InChI=1S/C15H12N4O3/c1-9-3-2-8-19-13(9)16-12(15(21)22)14(19)18-17-10-4-6-11(20)7-5-10/h2-8,20H,1H3,(H,21,22). The molecule has 7 nitrogen and oxygen atoms in total. The Morgan fingerprint density at radius 2 is 1.91 bits per heavy atom. The molecule has 0 amide bonds. The molecular weight excluding hydrogens is 284 g/mol. The summed E-state index contributed by atoms with van der Waals surface area (Å²) < 4.78 is 1.59. The second-order valence-electron chi connectivity index (χ2n) is 4.69. The van der Waals surface area contributed by atoms with Crippen LogP contribution in [0, 0.1) is 6.92 Å². The van der Waals surface area contributed by atoms with E-state index in [1.807, 2.05) is 13.0 Å². The number of nitrogens with zero attached hydrogens (tertiary/aromatic N) is 4. The zero-order valence-corrected chi connectivity index (χ0v) is 11.6. The second-order valence-corrected chi connectivity index (χ2v) is 4.69. The van der Waals surface area contributed by atoms with E-state index >= 15 is 0 Å². The predicted octanol–water partition coefficient (Wildman–Crippen LogP) is 3.46. The fourth-order valence-electron chi connectivity index (χ4n) is 2.05. The number of carbonyl (C=O) groups is 1. The number of carboxylic acid groups (broad SMARTS) is 1. The molecule has 0 aliphatic carbocycles. The summed E-state index contributed by atoms with van der Waals surface area (Å²) >= 11 is 0. The Bertz CT molecular complexity index is 882. The van der Waals surface area contributed by atoms with Gasteiger partial charge in [0, 0.05) is 6.20 Å². The molecule has 0 unspecified atom stereocenters. The fraction of sp³-hybridized carbons (Fsp3) is 0.0667. The largest absolute Gasteiger partial charge is 0.508 e. The molecule has 0 fully saturated rings. The lowest BCUT2D eigenvalue weighted by Crippen LogP contribution is -1.96. The highest BCUT2D eigenvalue weighted by Crippen LogP contribution is 2.26. The molecule has 1 aromatic carbocycles. The van der Waals surface area contributed by atoms with Crippen molar-refractivity contribution in [3.63, 3.8) is 0 Å². The van der Waals surface area contributed by atoms with Crippen molar-refractivity contribution < 1.29 is 15.0 Å². The minimum atomic E-state index is -1.16. The molecule has 0 atom stereocenters. The summed E-state index contributed by atoms with van der Waals surface area (Å²) in [6.07, 6.45) is 1.69. The van der Waals surface area contributed by atoms with Gasteiger partial charge >= 0.3 is 5.97 Å². The van der Waals surface area contributed by atoms with Gasteiger partial charge in [0.25, 0.3) is 0 Å². The predicted molar refractivity (Wildman–Crippen MR) is 79.2 cm³/mol. The Kier molecular flexibility index (Phi) is 3.30. The number of azo groups is 1. The first kappa shape index (κ1) is 13.7. The number of hydrogen-bond acceptors (Lipinski definition) is 5. The van der Waals surface area contributed by atoms with Crippen molar-refractivity contribution >= 4 is 23.1 Å². The average molecular weight is 296 g/mol. The molecule has 0 saturated carbocycles. The van der Waals surface area contributed by atoms with E-state index < -0.39 is 5.97 Å². The molecule has 3 aromatic rings. The fourth-order valence-corrected chi connectivity index (χ4v) is 2.05. The van der Waals surface area contributed by atoms with E-state index in [1.165, 1.54) is 12.1 Å². The van der Waals surface area contributed by atoms with Crippen LogP contribution >= 0.6 is 0 Å². The summed E-state index contributed by atoms with van der Waals surface area (Å²) in [7, 11) is 0. The highest BCUT2D eigenvalue weighted by Gasteiger charge is 2.19. The van der Waals surface area contributed by atoms with Crippen molar-refractivity contribution in [3.05, 3.63) is 53.9 Å². The number of fused-ring (bicyclic) bond motifs is 1. The molecular formula is C15H12N4O3. The highest BCUT2D eigenvalue weighted by molar-refractivity contribution is 5.92. The smallest absolute Gasteiger partial charge is 0.358 e. The molecule has 2 heterocycles. The van der Waals surface area contributed by atoms with Gasteiger partial charge in [0.2, 0.25) is 0 Å². The Morgan fingerprint density at radius 3 is 2.59 bits per heavy atom. The maximum Gasteiger partial charge on any atom is 0.358 e. The number of phenols is 1. The monoisotopic (exact) mass is 296 g/mol. The van der Waals surface area contributed by atoms with Gasteiger partial charge in [0.15, 0.2) is 11.5 Å². The number of aryl methyl sites for hydroxylation is 1. The minimum absolute atomic E-state index is 0.121. The zero-order valence-electron chi connectivity index (χ0n) is 11.6. The van der Waals surface area contributed by atoms with Crippen molar-refractivity contribution in [3.8, 4) is 5.75 Å². The summed E-state index contributed by atoms with van der Waals surface area (Å²) in [5.74, 6) is -0.891. The SMILES string of the molecule is Cc1cccn2c(N=Nc3ccc(O)cc3)c(C(=O)O)nc12. The van der Waals surface area contributed by atoms with E-state index in [2.05, 4.69) is 15.2 Å². The number of imidazole rings is 1. The number of benzene rings is 1. The molecule has 110 valence electrons. The van der Waals surface area contributed by atoms with E-state index in [9.17, 15) is 15.0 Å². The van der Waals surface area contributed by atoms with Crippen molar-refractivity contribution in [1.29, 1.82) is 0 Å². The second kappa shape index (κ2) is 5.28. The first-order valence-corrected chi connectivity index (χ1v) is 6.48. The maximum absolute atomic E-state index is 11.3. The van der Waals surface area contributed by atoms with Gasteiger partial charge in [-0.3, -0.25) is 4.40 Å². The number of carboxylic acids is 1. The number of hydrogen-bond donors (Lipinski definition) is 2. The zero-order chi connectivity index (χ0) is 15.7. The molecule has 0 bridgehead atoms. The topological polar surface area (TPSA) is 99.6 Å². The van der Waals surface area contributed by atoms with E-state index in [4.69, 9.17) is 0 Å². The molecule has 2 N–H and O–H groups in total. The van der Waals surface area contributed by atoms with Crippen molar-refractivity contribution in [2.45, 2.75) is 6.92 Å². The molecule has 2 aromatic heterocycles. The summed E-state index contributed by atoms with van der Waals surface area (Å²) in [5, 5.41) is 26.5. The van der Waals surface area contributed by atoms with Gasteiger partial charge in [-0.05, 0) is 42.8 Å². The molecule has 0 aliphatic rings. The molecule has 22 heavy (non-hydrogen) atoms. The Labute approximate surface area is 125 Å². The molecule has 0 saturated heterocycles. The van der Waals surface area contributed by atoms with Crippen molar-refractivity contribution in [2.75, 3.05) is 0 Å². The lowest BCUT2D eigenvalue weighted by Gasteiger charge is -1.98. The van der Waals surface area contributed by atoms with Crippen LogP contribution in [0.2, 0.25) is 0 Å². The van der Waals surface area contributed by atoms with Crippen molar-refractivity contribution in [2.24, 2.45) is 10.2 Å². The van der Waals surface area contributed by atoms with E-state index in [0.29, 0.717) is 11.3 Å². The Balaban J connectivity index is 2.12. The van der Waals surface area contributed by atoms with Crippen LogP contribution in [-0.2, 0) is 0 Å². The van der Waals surface area contributed by atoms with Crippen LogP contribution in [0.3, 0.4) is 0 Å². The summed E-state index contributed by atoms with van der Waals surface area (Å²) in [6.45, 7) is 1.84. The van der Waals surface area contributed by atoms with Gasteiger partial charge in [-0.1, -0.05) is 6.07 Å². The number of rotatable bonds is 3. The van der Waals surface area contributed by atoms with Crippen LogP contribution in [0.4, 0.5) is 11.5 Å². The number of aromatic carboxylic acids is 1. The Hall–Kier alpha value is -3.22. The number of pyridine rings is 1. The third-order valence-corrected chi connectivity index (χ3v) is 3.13. The number of phenolic OH excluding ortho intramolecular Hbond substituents is 1. The van der Waals surface area contributed by atoms with Gasteiger partial charge in [-0.2, -0.15) is 0 Å². The normalized spacial score (nSPS) is 11.3. The number of aromatic hydroxyl groups is 1. The van der Waals surface area contributed by atoms with Gasteiger partial charge in [0.1, 0.15) is 11.4 Å². The third-order valence-electron chi connectivity index (χ3n) is 3.13. The van der Waals surface area contributed by atoms with Crippen LogP contribution in [0.15, 0.2) is 52.8 Å². The van der Waals surface area contributed by atoms with Gasteiger partial charge in [-0.25, -0.2) is 9.78 Å². The van der Waals surface area contributed by atoms with Gasteiger partial charge in [-0.15, -0.1) is 10.2 Å². The van der Waals surface area contributed by atoms with Gasteiger partial charge in [0.05, 0.1) is 5.69 Å². The summed E-state index contributed by atoms with van der Waals surface area (Å²) in [5.41, 5.74) is 1.71. The summed E-state index contributed by atoms with van der Waals surface area (Å²) in [6, 6.07) is 9.74. The van der Waals surface area contributed by atoms with Crippen molar-refractivity contribution in [1.82, 2.24) is 9.38 Å². The lowest BCUT2D eigenvalue weighted by molar-refractivity contribution is 0.0692. The molecule has 7 heteroatoms. The lowest BCUT2D eigenvalue weighted by atomic mass is 10.3. The average Bonchev–Trinajstić information content (AvgIpc) is 2.87. The molecule has 0 radical (unpaired) electrons. The number of aromatic nitrogens is 2. The van der Waals surface area contributed by atoms with E-state index in [1.54, 1.807) is 28.8 Å². The van der Waals surface area contributed by atoms with Crippen LogP contribution in [-0.4, -0.2) is 25.6 Å². The molecule has 3 rings (SSSR count). The highest BCUT2D eigenvalue weighted by atomic mass is 16.4. The molecule has 0 spiro atoms. The molecule has 0 aliphatic heterocycles. The van der Waals surface area contributed by atoms with Crippen LogP contribution in [0.5, 0.6) is 5.75 Å². The third kappa shape index (κ3) is 2.39. The quantitative estimate of drug-likeness (QED) is 0.723. The Morgan fingerprint density at radius 1 is 1.18 bits per heavy atom. The first-order chi connectivity index (χ1) is 10.6. The van der Waals surface area contributed by atoms with E-state index in [-0.39, 0.29) is 17.3 Å². The minimum Gasteiger partial charge on any atom is -0.508 e. The van der Waals surface area contributed by atoms with Gasteiger partial charge < -0.3 is 10.2 Å². The van der Waals surface area contributed by atoms with Crippen LogP contribution in [0.1, 0.15) is 16.1 Å². The van der Waals surface area contributed by atoms with Crippen LogP contribution in [0.25, 0.3) is 5.65 Å². The first-order valence-electron chi connectivity index (χ1n) is 6.48. The van der Waals surface area contributed by atoms with E-state index in [0.717, 1.165) is 5.56 Å². The van der Waals surface area contributed by atoms with Crippen LogP contribution < -0.4 is 0 Å². The maximum atomic E-state index is 11.3.